The van der Waals surface area contributed by atoms with Gasteiger partial charge in [0.25, 0.3) is 0 Å². The Kier molecular flexibility index (Phi) is 65.4. The molecule has 0 saturated carbocycles. The summed E-state index contributed by atoms with van der Waals surface area (Å²) in [5.74, 6) is -0.0229. The summed E-state index contributed by atoms with van der Waals surface area (Å²) in [6.07, 6.45) is 83.7. The number of aliphatic hydroxyl groups is 2. The Hall–Kier alpha value is -1.66. The molecule has 0 aliphatic carbocycles. The number of rotatable bonds is 66. The zero-order valence-corrected chi connectivity index (χ0v) is 52.2. The predicted molar refractivity (Wildman–Crippen MR) is 338 cm³/mol. The number of aliphatic hydroxyl groups excluding tert-OH is 2. The smallest absolute Gasteiger partial charge is 0.305 e. The molecule has 0 aromatic heterocycles. The normalized spacial score (nSPS) is 12.6. The van der Waals surface area contributed by atoms with Crippen LogP contribution < -0.4 is 5.32 Å². The van der Waals surface area contributed by atoms with Gasteiger partial charge in [-0.25, -0.2) is 0 Å². The van der Waals surface area contributed by atoms with Gasteiger partial charge in [-0.05, 0) is 70.6 Å². The average molecular weight is 1080 g/mol. The second-order valence-corrected chi connectivity index (χ2v) is 24.2. The number of allylic oxidation sites excluding steroid dienone is 4. The lowest BCUT2D eigenvalue weighted by molar-refractivity contribution is -0.143. The number of unbranched alkanes of at least 4 members (excludes halogenated alkanes) is 51. The largest absolute Gasteiger partial charge is 0.466 e. The van der Waals surface area contributed by atoms with Crippen molar-refractivity contribution in [3.8, 4) is 0 Å². The molecule has 0 spiro atoms. The van der Waals surface area contributed by atoms with Crippen LogP contribution in [-0.4, -0.2) is 47.4 Å². The SMILES string of the molecule is CCCC/C=C\CCCCCCCC(=O)OCCCCCCCCCCCCCC/C=C\CCCCCCCCCCCCCCCCC(=O)NC(CO)C(O)CCCCCCCCCCCCCCCCCCCCC. The minimum absolute atomic E-state index is 0.00651. The van der Waals surface area contributed by atoms with Crippen LogP contribution in [0, 0.1) is 0 Å². The number of hydrogen-bond acceptors (Lipinski definition) is 5. The summed E-state index contributed by atoms with van der Waals surface area (Å²) in [6.45, 7) is 4.95. The summed E-state index contributed by atoms with van der Waals surface area (Å²) in [5, 5.41) is 23.4. The predicted octanol–water partition coefficient (Wildman–Crippen LogP) is 22.5. The van der Waals surface area contributed by atoms with Gasteiger partial charge in [-0.1, -0.05) is 334 Å². The van der Waals surface area contributed by atoms with Gasteiger partial charge in [0.1, 0.15) is 0 Å². The van der Waals surface area contributed by atoms with Gasteiger partial charge in [-0.15, -0.1) is 0 Å². The Morgan fingerprint density at radius 2 is 0.623 bits per heavy atom. The van der Waals surface area contributed by atoms with E-state index in [1.165, 1.54) is 315 Å². The molecule has 0 saturated heterocycles. The van der Waals surface area contributed by atoms with Crippen molar-refractivity contribution in [1.82, 2.24) is 5.32 Å². The van der Waals surface area contributed by atoms with Crippen molar-refractivity contribution in [2.45, 2.75) is 405 Å². The van der Waals surface area contributed by atoms with Gasteiger partial charge >= 0.3 is 5.97 Å². The van der Waals surface area contributed by atoms with Crippen LogP contribution in [0.2, 0.25) is 0 Å². The van der Waals surface area contributed by atoms with Crippen LogP contribution >= 0.6 is 0 Å². The second-order valence-electron chi connectivity index (χ2n) is 24.2. The van der Waals surface area contributed by atoms with E-state index in [2.05, 4.69) is 43.5 Å². The van der Waals surface area contributed by atoms with Crippen LogP contribution in [0.1, 0.15) is 393 Å². The van der Waals surface area contributed by atoms with Crippen molar-refractivity contribution < 1.29 is 24.5 Å². The molecule has 77 heavy (non-hydrogen) atoms. The van der Waals surface area contributed by atoms with Crippen molar-refractivity contribution in [1.29, 1.82) is 0 Å². The van der Waals surface area contributed by atoms with E-state index in [1.54, 1.807) is 0 Å². The molecule has 2 atom stereocenters. The number of nitrogens with one attached hydrogen (secondary N) is 1. The van der Waals surface area contributed by atoms with Gasteiger partial charge in [0, 0.05) is 12.8 Å². The van der Waals surface area contributed by atoms with Gasteiger partial charge in [0.05, 0.1) is 25.4 Å². The topological polar surface area (TPSA) is 95.9 Å². The van der Waals surface area contributed by atoms with E-state index in [4.69, 9.17) is 4.74 Å². The Morgan fingerprint density at radius 3 is 0.961 bits per heavy atom. The number of esters is 1. The maximum Gasteiger partial charge on any atom is 0.305 e. The fourth-order valence-corrected chi connectivity index (χ4v) is 11.1. The van der Waals surface area contributed by atoms with Gasteiger partial charge < -0.3 is 20.3 Å². The number of amides is 1. The van der Waals surface area contributed by atoms with Gasteiger partial charge in [0.15, 0.2) is 0 Å². The van der Waals surface area contributed by atoms with Crippen LogP contribution in [0.4, 0.5) is 0 Å². The summed E-state index contributed by atoms with van der Waals surface area (Å²) in [6, 6.07) is -0.541. The van der Waals surface area contributed by atoms with Crippen molar-refractivity contribution >= 4 is 11.9 Å². The molecule has 0 radical (unpaired) electrons. The summed E-state index contributed by atoms with van der Waals surface area (Å²) < 4.78 is 5.47. The third-order valence-corrected chi connectivity index (χ3v) is 16.5. The first-order valence-corrected chi connectivity index (χ1v) is 35.1. The van der Waals surface area contributed by atoms with Gasteiger partial charge in [0.2, 0.25) is 5.91 Å². The van der Waals surface area contributed by atoms with Crippen LogP contribution in [0.25, 0.3) is 0 Å². The van der Waals surface area contributed by atoms with Gasteiger partial charge in [-0.2, -0.15) is 0 Å². The first-order valence-electron chi connectivity index (χ1n) is 35.1. The molecule has 0 aliphatic rings. The summed E-state index contributed by atoms with van der Waals surface area (Å²) in [5.41, 5.74) is 0. The maximum absolute atomic E-state index is 12.5. The van der Waals surface area contributed by atoms with E-state index in [0.29, 0.717) is 25.9 Å². The second kappa shape index (κ2) is 66.8. The van der Waals surface area contributed by atoms with Crippen LogP contribution in [0.15, 0.2) is 24.3 Å². The summed E-state index contributed by atoms with van der Waals surface area (Å²) in [4.78, 5) is 24.5. The molecular formula is C71H137NO5. The molecular weight excluding hydrogens is 947 g/mol. The van der Waals surface area contributed by atoms with Crippen molar-refractivity contribution in [3.05, 3.63) is 24.3 Å². The average Bonchev–Trinajstić information content (AvgIpc) is 3.43. The number of hydrogen-bond donors (Lipinski definition) is 3. The van der Waals surface area contributed by atoms with Crippen molar-refractivity contribution in [2.24, 2.45) is 0 Å². The summed E-state index contributed by atoms with van der Waals surface area (Å²) >= 11 is 0. The van der Waals surface area contributed by atoms with E-state index in [-0.39, 0.29) is 18.5 Å². The molecule has 2 unspecified atom stereocenters. The number of carbonyl (C=O) groups excluding carboxylic acids is 2. The standard InChI is InChI=1S/C71H137NO5/c1-3-5-7-9-11-13-15-16-17-18-31-34-37-40-44-47-51-55-59-63-69(74)68(67-73)72-70(75)64-60-56-52-48-45-41-38-35-32-29-27-25-23-21-19-20-22-24-26-28-30-33-36-39-42-46-50-54-58-62-66-77-71(76)65-61-57-53-49-43-14-12-10-8-6-4-2/h10,12,20,22,68-69,73-74H,3-9,11,13-19,21,23-67H2,1-2H3,(H,72,75)/b12-10-,22-20-. The molecule has 6 heteroatoms. The highest BCUT2D eigenvalue weighted by atomic mass is 16.5. The lowest BCUT2D eigenvalue weighted by atomic mass is 10.0. The first-order chi connectivity index (χ1) is 38.0. The Balaban J connectivity index is 3.37. The minimum atomic E-state index is -0.664. The lowest BCUT2D eigenvalue weighted by Crippen LogP contribution is -2.45. The maximum atomic E-state index is 12.5. The molecule has 0 rings (SSSR count). The molecule has 0 aromatic rings. The van der Waals surface area contributed by atoms with E-state index >= 15 is 0 Å². The highest BCUT2D eigenvalue weighted by Gasteiger charge is 2.20. The Bertz CT molecular complexity index is 1200. The fraction of sp³-hybridized carbons (Fsp3) is 0.915. The Labute approximate surface area is 481 Å². The van der Waals surface area contributed by atoms with Crippen molar-refractivity contribution in [3.63, 3.8) is 0 Å². The van der Waals surface area contributed by atoms with Crippen LogP contribution in [-0.2, 0) is 14.3 Å². The molecule has 0 fully saturated rings. The highest BCUT2D eigenvalue weighted by Crippen LogP contribution is 2.19. The zero-order chi connectivity index (χ0) is 55.7. The van der Waals surface area contributed by atoms with Crippen molar-refractivity contribution in [2.75, 3.05) is 13.2 Å². The molecule has 6 nitrogen and oxygen atoms in total. The molecule has 1 amide bonds. The van der Waals surface area contributed by atoms with E-state index in [0.717, 1.165) is 44.9 Å². The van der Waals surface area contributed by atoms with E-state index < -0.39 is 12.1 Å². The summed E-state index contributed by atoms with van der Waals surface area (Å²) in [7, 11) is 0. The third-order valence-electron chi connectivity index (χ3n) is 16.5. The lowest BCUT2D eigenvalue weighted by Gasteiger charge is -2.22. The highest BCUT2D eigenvalue weighted by molar-refractivity contribution is 5.76. The van der Waals surface area contributed by atoms with Gasteiger partial charge in [-0.3, -0.25) is 9.59 Å². The number of carbonyl (C=O) groups is 2. The van der Waals surface area contributed by atoms with Crippen LogP contribution in [0.3, 0.4) is 0 Å². The molecule has 3 N–H and O–H groups in total. The van der Waals surface area contributed by atoms with E-state index in [9.17, 15) is 19.8 Å². The minimum Gasteiger partial charge on any atom is -0.466 e. The zero-order valence-electron chi connectivity index (χ0n) is 52.2. The Morgan fingerprint density at radius 1 is 0.351 bits per heavy atom. The molecule has 0 aromatic carbocycles. The molecule has 0 aliphatic heterocycles. The van der Waals surface area contributed by atoms with E-state index in [1.807, 2.05) is 0 Å². The quantitative estimate of drug-likeness (QED) is 0.0320. The fourth-order valence-electron chi connectivity index (χ4n) is 11.1. The molecule has 0 heterocycles. The third kappa shape index (κ3) is 63.4. The molecule has 456 valence electrons. The number of ether oxygens (including phenoxy) is 1. The molecule has 0 bridgehead atoms. The first kappa shape index (κ1) is 75.3. The van der Waals surface area contributed by atoms with Crippen LogP contribution in [0.5, 0.6) is 0 Å². The monoisotopic (exact) mass is 1080 g/mol.